The van der Waals surface area contributed by atoms with Crippen LogP contribution in [0, 0.1) is 17.6 Å². The Morgan fingerprint density at radius 3 is 2.55 bits per heavy atom. The van der Waals surface area contributed by atoms with E-state index < -0.39 is 17.6 Å². The number of aliphatic carboxylic acids is 1. The van der Waals surface area contributed by atoms with Gasteiger partial charge in [0.2, 0.25) is 5.88 Å². The van der Waals surface area contributed by atoms with Gasteiger partial charge in [0.1, 0.15) is 23.6 Å². The Morgan fingerprint density at radius 1 is 1.03 bits per heavy atom. The van der Waals surface area contributed by atoms with E-state index in [2.05, 4.69) is 19.9 Å². The summed E-state index contributed by atoms with van der Waals surface area (Å²) in [6.07, 6.45) is 5.38. The standard InChI is InChI=1S/C24H20F2N4O3/c25-15-4-8-19-20(10-15)30-23(29-19)17-7-3-14(9-18(17)26)21-11-28-22(12-27-21)33-16-5-1-13(2-6-16)24(31)32/h3-4,7-13,16H,1-2,5-6H2,(H,29,30)(H,31,32). The summed E-state index contributed by atoms with van der Waals surface area (Å²) in [5.74, 6) is -1.30. The molecule has 2 heterocycles. The second kappa shape index (κ2) is 8.57. The van der Waals surface area contributed by atoms with Crippen LogP contribution >= 0.6 is 0 Å². The van der Waals surface area contributed by atoms with Gasteiger partial charge in [0.15, 0.2) is 0 Å². The molecule has 1 aliphatic carbocycles. The zero-order valence-electron chi connectivity index (χ0n) is 17.5. The van der Waals surface area contributed by atoms with Gasteiger partial charge in [0, 0.05) is 5.56 Å². The molecule has 9 heteroatoms. The van der Waals surface area contributed by atoms with Gasteiger partial charge in [-0.15, -0.1) is 0 Å². The lowest BCUT2D eigenvalue weighted by Crippen LogP contribution is -2.28. The van der Waals surface area contributed by atoms with Crippen molar-refractivity contribution in [2.45, 2.75) is 31.8 Å². The Labute approximate surface area is 187 Å². The van der Waals surface area contributed by atoms with Gasteiger partial charge in [-0.1, -0.05) is 6.07 Å². The van der Waals surface area contributed by atoms with Crippen LogP contribution < -0.4 is 4.74 Å². The molecule has 1 aliphatic rings. The van der Waals surface area contributed by atoms with Gasteiger partial charge in [0.05, 0.1) is 40.6 Å². The highest BCUT2D eigenvalue weighted by Gasteiger charge is 2.27. The molecule has 5 rings (SSSR count). The summed E-state index contributed by atoms with van der Waals surface area (Å²) >= 11 is 0. The van der Waals surface area contributed by atoms with Crippen LogP contribution in [0.2, 0.25) is 0 Å². The SMILES string of the molecule is O=C(O)C1CCC(Oc2cnc(-c3ccc(-c4nc5ccc(F)cc5[nH]4)c(F)c3)cn2)CC1. The summed E-state index contributed by atoms with van der Waals surface area (Å²) in [5.41, 5.74) is 2.33. The number of nitrogens with one attached hydrogen (secondary N) is 1. The number of carbonyl (C=O) groups is 1. The van der Waals surface area contributed by atoms with Crippen LogP contribution in [-0.2, 0) is 4.79 Å². The lowest BCUT2D eigenvalue weighted by atomic mass is 9.87. The van der Waals surface area contributed by atoms with Crippen molar-refractivity contribution in [3.8, 4) is 28.5 Å². The maximum atomic E-state index is 14.9. The molecular weight excluding hydrogens is 430 g/mol. The third kappa shape index (κ3) is 4.39. The monoisotopic (exact) mass is 450 g/mol. The molecule has 1 fully saturated rings. The first-order chi connectivity index (χ1) is 16.0. The molecule has 1 saturated carbocycles. The van der Waals surface area contributed by atoms with Crippen LogP contribution in [-0.4, -0.2) is 37.1 Å². The highest BCUT2D eigenvalue weighted by molar-refractivity contribution is 5.80. The fourth-order valence-electron chi connectivity index (χ4n) is 4.10. The molecule has 0 radical (unpaired) electrons. The number of hydrogen-bond donors (Lipinski definition) is 2. The molecular formula is C24H20F2N4O3. The molecule has 2 N–H and O–H groups in total. The zero-order chi connectivity index (χ0) is 22.9. The number of aromatic nitrogens is 4. The third-order valence-corrected chi connectivity index (χ3v) is 5.90. The van der Waals surface area contributed by atoms with Gasteiger partial charge in [-0.05, 0) is 56.0 Å². The maximum absolute atomic E-state index is 14.9. The highest BCUT2D eigenvalue weighted by Crippen LogP contribution is 2.29. The number of carboxylic acids is 1. The van der Waals surface area contributed by atoms with Crippen LogP contribution in [0.15, 0.2) is 48.8 Å². The van der Waals surface area contributed by atoms with Gasteiger partial charge in [0.25, 0.3) is 0 Å². The lowest BCUT2D eigenvalue weighted by Gasteiger charge is -2.26. The van der Waals surface area contributed by atoms with Crippen molar-refractivity contribution >= 4 is 17.0 Å². The summed E-state index contributed by atoms with van der Waals surface area (Å²) in [5, 5.41) is 9.09. The van der Waals surface area contributed by atoms with E-state index in [-0.39, 0.29) is 17.6 Å². The van der Waals surface area contributed by atoms with E-state index >= 15 is 0 Å². The minimum Gasteiger partial charge on any atom is -0.481 e. The Balaban J connectivity index is 1.29. The quantitative estimate of drug-likeness (QED) is 0.444. The Morgan fingerprint density at radius 2 is 1.85 bits per heavy atom. The lowest BCUT2D eigenvalue weighted by molar-refractivity contribution is -0.143. The van der Waals surface area contributed by atoms with E-state index in [1.165, 1.54) is 36.7 Å². The number of H-pyrrole nitrogens is 1. The zero-order valence-corrected chi connectivity index (χ0v) is 17.5. The molecule has 0 saturated heterocycles. The first-order valence-electron chi connectivity index (χ1n) is 10.6. The van der Waals surface area contributed by atoms with E-state index in [9.17, 15) is 13.6 Å². The van der Waals surface area contributed by atoms with Gasteiger partial charge in [-0.3, -0.25) is 4.79 Å². The molecule has 0 spiro atoms. The van der Waals surface area contributed by atoms with Crippen molar-refractivity contribution in [2.75, 3.05) is 0 Å². The van der Waals surface area contributed by atoms with E-state index in [1.807, 2.05) is 0 Å². The fourth-order valence-corrected chi connectivity index (χ4v) is 4.10. The molecule has 0 amide bonds. The molecule has 168 valence electrons. The molecule has 2 aromatic heterocycles. The number of carboxylic acid groups (broad SMARTS) is 1. The third-order valence-electron chi connectivity index (χ3n) is 5.90. The highest BCUT2D eigenvalue weighted by atomic mass is 19.1. The van der Waals surface area contributed by atoms with Gasteiger partial charge in [-0.25, -0.2) is 23.7 Å². The van der Waals surface area contributed by atoms with Crippen molar-refractivity contribution in [3.05, 3.63) is 60.4 Å². The molecule has 0 unspecified atom stereocenters. The summed E-state index contributed by atoms with van der Waals surface area (Å²) in [4.78, 5) is 26.9. The van der Waals surface area contributed by atoms with Crippen molar-refractivity contribution in [3.63, 3.8) is 0 Å². The second-order valence-corrected chi connectivity index (χ2v) is 8.11. The fraction of sp³-hybridized carbons (Fsp3) is 0.250. The number of nitrogens with zero attached hydrogens (tertiary/aromatic N) is 3. The number of hydrogen-bond acceptors (Lipinski definition) is 5. The van der Waals surface area contributed by atoms with Crippen LogP contribution in [0.3, 0.4) is 0 Å². The van der Waals surface area contributed by atoms with Crippen molar-refractivity contribution in [1.82, 2.24) is 19.9 Å². The van der Waals surface area contributed by atoms with Crippen LogP contribution in [0.5, 0.6) is 5.88 Å². The summed E-state index contributed by atoms with van der Waals surface area (Å²) in [7, 11) is 0. The largest absolute Gasteiger partial charge is 0.481 e. The van der Waals surface area contributed by atoms with Crippen LogP contribution in [0.4, 0.5) is 8.78 Å². The van der Waals surface area contributed by atoms with Crippen LogP contribution in [0.1, 0.15) is 25.7 Å². The normalized spacial score (nSPS) is 18.4. The topological polar surface area (TPSA) is 101 Å². The van der Waals surface area contributed by atoms with E-state index in [0.717, 1.165) is 0 Å². The molecule has 0 bridgehead atoms. The van der Waals surface area contributed by atoms with E-state index in [0.29, 0.717) is 59.7 Å². The van der Waals surface area contributed by atoms with Gasteiger partial charge < -0.3 is 14.8 Å². The Kier molecular flexibility index (Phi) is 5.45. The van der Waals surface area contributed by atoms with Crippen molar-refractivity contribution in [1.29, 1.82) is 0 Å². The number of fused-ring (bicyclic) bond motifs is 1. The Hall–Kier alpha value is -3.88. The summed E-state index contributed by atoms with van der Waals surface area (Å²) in [6.45, 7) is 0. The van der Waals surface area contributed by atoms with Gasteiger partial charge in [-0.2, -0.15) is 0 Å². The molecule has 7 nitrogen and oxygen atoms in total. The summed E-state index contributed by atoms with van der Waals surface area (Å²) in [6, 6.07) is 8.80. The van der Waals surface area contributed by atoms with E-state index in [1.54, 1.807) is 12.1 Å². The average molecular weight is 450 g/mol. The molecule has 4 aromatic rings. The molecule has 2 aromatic carbocycles. The summed E-state index contributed by atoms with van der Waals surface area (Å²) < 4.78 is 34.1. The smallest absolute Gasteiger partial charge is 0.306 e. The minimum atomic E-state index is -0.759. The van der Waals surface area contributed by atoms with Gasteiger partial charge >= 0.3 is 5.97 Å². The van der Waals surface area contributed by atoms with Crippen molar-refractivity contribution in [2.24, 2.45) is 5.92 Å². The maximum Gasteiger partial charge on any atom is 0.306 e. The predicted octanol–water partition coefficient (Wildman–Crippen LogP) is 4.99. The number of ether oxygens (including phenoxy) is 1. The molecule has 0 aliphatic heterocycles. The minimum absolute atomic E-state index is 0.0882. The number of aromatic amines is 1. The predicted molar refractivity (Wildman–Crippen MR) is 116 cm³/mol. The number of imidazole rings is 1. The van der Waals surface area contributed by atoms with Crippen molar-refractivity contribution < 1.29 is 23.4 Å². The number of halogens is 2. The molecule has 0 atom stereocenters. The Bertz CT molecular complexity index is 1320. The first kappa shape index (κ1) is 21.0. The number of benzene rings is 2. The van der Waals surface area contributed by atoms with Crippen LogP contribution in [0.25, 0.3) is 33.7 Å². The second-order valence-electron chi connectivity index (χ2n) is 8.11. The molecule has 33 heavy (non-hydrogen) atoms. The first-order valence-corrected chi connectivity index (χ1v) is 10.6. The average Bonchev–Trinajstić information content (AvgIpc) is 3.22. The van der Waals surface area contributed by atoms with E-state index in [4.69, 9.17) is 9.84 Å². The number of rotatable bonds is 5.